The van der Waals surface area contributed by atoms with E-state index in [9.17, 15) is 13.2 Å². The number of hydrogen-bond donors (Lipinski definition) is 1. The Morgan fingerprint density at radius 1 is 1.16 bits per heavy atom. The minimum atomic E-state index is -3.62. The van der Waals surface area contributed by atoms with Crippen LogP contribution in [0.2, 0.25) is 0 Å². The van der Waals surface area contributed by atoms with Gasteiger partial charge in [-0.2, -0.15) is 0 Å². The van der Waals surface area contributed by atoms with Gasteiger partial charge in [-0.05, 0) is 50.5 Å². The van der Waals surface area contributed by atoms with E-state index in [0.717, 1.165) is 28.9 Å². The van der Waals surface area contributed by atoms with Gasteiger partial charge in [0.1, 0.15) is 0 Å². The molecule has 2 heterocycles. The standard InChI is InChI=1S/C23H27N3O3S2/c1-16-7-8-21(17(2)15-16)31(28,29)24-12-9-22(27)26-13-10-18(11-14-26)23-25-19-5-3-4-6-20(19)30-23/h3-8,15,18,24H,9-14H2,1-2H3. The first-order chi connectivity index (χ1) is 14.8. The van der Waals surface area contributed by atoms with Crippen LogP contribution in [-0.4, -0.2) is 43.8 Å². The lowest BCUT2D eigenvalue weighted by molar-refractivity contribution is -0.132. The second-order valence-corrected chi connectivity index (χ2v) is 10.9. The smallest absolute Gasteiger partial charge is 0.240 e. The maximum absolute atomic E-state index is 12.6. The van der Waals surface area contributed by atoms with Crippen LogP contribution in [0.1, 0.15) is 41.3 Å². The molecule has 1 saturated heterocycles. The van der Waals surface area contributed by atoms with Crippen molar-refractivity contribution < 1.29 is 13.2 Å². The predicted molar refractivity (Wildman–Crippen MR) is 124 cm³/mol. The molecule has 1 fully saturated rings. The molecule has 8 heteroatoms. The first-order valence-corrected chi connectivity index (χ1v) is 12.8. The molecule has 1 N–H and O–H groups in total. The van der Waals surface area contributed by atoms with E-state index in [4.69, 9.17) is 4.98 Å². The number of fused-ring (bicyclic) bond motifs is 1. The molecule has 0 bridgehead atoms. The van der Waals surface area contributed by atoms with E-state index in [-0.39, 0.29) is 23.8 Å². The van der Waals surface area contributed by atoms with Gasteiger partial charge in [-0.25, -0.2) is 18.1 Å². The molecular formula is C23H27N3O3S2. The summed E-state index contributed by atoms with van der Waals surface area (Å²) in [6, 6.07) is 13.4. The first-order valence-electron chi connectivity index (χ1n) is 10.5. The van der Waals surface area contributed by atoms with Crippen LogP contribution < -0.4 is 4.72 Å². The van der Waals surface area contributed by atoms with Crippen molar-refractivity contribution in [3.05, 3.63) is 58.6 Å². The topological polar surface area (TPSA) is 79.4 Å². The van der Waals surface area contributed by atoms with Crippen LogP contribution >= 0.6 is 11.3 Å². The molecule has 31 heavy (non-hydrogen) atoms. The number of nitrogens with zero attached hydrogens (tertiary/aromatic N) is 2. The van der Waals surface area contributed by atoms with E-state index < -0.39 is 10.0 Å². The zero-order chi connectivity index (χ0) is 22.0. The Kier molecular flexibility index (Phi) is 6.41. The number of hydrogen-bond acceptors (Lipinski definition) is 5. The van der Waals surface area contributed by atoms with E-state index in [1.165, 1.54) is 4.70 Å². The Morgan fingerprint density at radius 2 is 1.90 bits per heavy atom. The Hall–Kier alpha value is -2.29. The first kappa shape index (κ1) is 21.9. The molecule has 3 aromatic rings. The summed E-state index contributed by atoms with van der Waals surface area (Å²) >= 11 is 1.74. The molecule has 0 radical (unpaired) electrons. The zero-order valence-corrected chi connectivity index (χ0v) is 19.4. The van der Waals surface area contributed by atoms with Crippen molar-refractivity contribution in [2.24, 2.45) is 0 Å². The molecule has 4 rings (SSSR count). The summed E-state index contributed by atoms with van der Waals surface area (Å²) in [6.45, 7) is 5.18. The van der Waals surface area contributed by atoms with E-state index >= 15 is 0 Å². The van der Waals surface area contributed by atoms with Gasteiger partial charge in [0.15, 0.2) is 0 Å². The Labute approximate surface area is 187 Å². The van der Waals surface area contributed by atoms with E-state index in [1.54, 1.807) is 30.4 Å². The fraction of sp³-hybridized carbons (Fsp3) is 0.391. The number of thiazole rings is 1. The quantitative estimate of drug-likeness (QED) is 0.607. The molecule has 0 saturated carbocycles. The van der Waals surface area contributed by atoms with Crippen LogP contribution in [0.3, 0.4) is 0 Å². The highest BCUT2D eigenvalue weighted by Crippen LogP contribution is 2.33. The van der Waals surface area contributed by atoms with Crippen LogP contribution in [-0.2, 0) is 14.8 Å². The second-order valence-electron chi connectivity index (χ2n) is 8.09. The van der Waals surface area contributed by atoms with E-state index in [2.05, 4.69) is 10.8 Å². The molecule has 1 aliphatic rings. The molecular weight excluding hydrogens is 430 g/mol. The van der Waals surface area contributed by atoms with Crippen molar-refractivity contribution in [3.8, 4) is 0 Å². The summed E-state index contributed by atoms with van der Waals surface area (Å²) in [4.78, 5) is 19.5. The molecule has 1 amide bonds. The number of nitrogens with one attached hydrogen (secondary N) is 1. The van der Waals surface area contributed by atoms with Gasteiger partial charge in [-0.15, -0.1) is 11.3 Å². The van der Waals surface area contributed by atoms with Gasteiger partial charge < -0.3 is 4.90 Å². The van der Waals surface area contributed by atoms with Crippen molar-refractivity contribution in [1.82, 2.24) is 14.6 Å². The number of carbonyl (C=O) groups excluding carboxylic acids is 1. The van der Waals surface area contributed by atoms with Gasteiger partial charge in [0, 0.05) is 32.0 Å². The van der Waals surface area contributed by atoms with Crippen LogP contribution in [0.25, 0.3) is 10.2 Å². The number of aromatic nitrogens is 1. The van der Waals surface area contributed by atoms with Crippen LogP contribution in [0, 0.1) is 13.8 Å². The lowest BCUT2D eigenvalue weighted by Crippen LogP contribution is -2.39. The van der Waals surface area contributed by atoms with Crippen molar-refractivity contribution in [2.75, 3.05) is 19.6 Å². The fourth-order valence-electron chi connectivity index (χ4n) is 4.07. The average molecular weight is 458 g/mol. The molecule has 1 aliphatic heterocycles. The molecule has 164 valence electrons. The van der Waals surface area contributed by atoms with Crippen LogP contribution in [0.4, 0.5) is 0 Å². The highest BCUT2D eigenvalue weighted by molar-refractivity contribution is 7.89. The SMILES string of the molecule is Cc1ccc(S(=O)(=O)NCCC(=O)N2CCC(c3nc4ccccc4s3)CC2)c(C)c1. The summed E-state index contributed by atoms with van der Waals surface area (Å²) < 4.78 is 28.9. The van der Waals surface area contributed by atoms with E-state index in [0.29, 0.717) is 24.6 Å². The highest BCUT2D eigenvalue weighted by atomic mass is 32.2. The number of amides is 1. The maximum atomic E-state index is 12.6. The zero-order valence-electron chi connectivity index (χ0n) is 17.8. The Balaban J connectivity index is 1.28. The molecule has 0 unspecified atom stereocenters. The van der Waals surface area contributed by atoms with Crippen molar-refractivity contribution >= 4 is 37.5 Å². The van der Waals surface area contributed by atoms with Gasteiger partial charge >= 0.3 is 0 Å². The summed E-state index contributed by atoms with van der Waals surface area (Å²) in [5.41, 5.74) is 2.76. The Bertz CT molecular complexity index is 1160. The van der Waals surface area contributed by atoms with Gasteiger partial charge in [0.05, 0.1) is 20.1 Å². The summed E-state index contributed by atoms with van der Waals surface area (Å²) in [6.07, 6.45) is 1.94. The fourth-order valence-corrected chi connectivity index (χ4v) is 6.46. The maximum Gasteiger partial charge on any atom is 0.240 e. The number of sulfonamides is 1. The Morgan fingerprint density at radius 3 is 2.61 bits per heavy atom. The van der Waals surface area contributed by atoms with Gasteiger partial charge in [-0.3, -0.25) is 4.79 Å². The lowest BCUT2D eigenvalue weighted by Gasteiger charge is -2.31. The third kappa shape index (κ3) is 4.97. The summed E-state index contributed by atoms with van der Waals surface area (Å²) in [5, 5.41) is 1.15. The van der Waals surface area contributed by atoms with Gasteiger partial charge in [0.2, 0.25) is 15.9 Å². The number of benzene rings is 2. The molecule has 0 aliphatic carbocycles. The normalized spacial score (nSPS) is 15.5. The predicted octanol–water partition coefficient (Wildman–Crippen LogP) is 3.99. The third-order valence-electron chi connectivity index (χ3n) is 5.76. The number of para-hydroxylation sites is 1. The largest absolute Gasteiger partial charge is 0.343 e. The van der Waals surface area contributed by atoms with Crippen LogP contribution in [0.15, 0.2) is 47.4 Å². The summed E-state index contributed by atoms with van der Waals surface area (Å²) in [7, 11) is -3.62. The molecule has 0 spiro atoms. The monoisotopic (exact) mass is 457 g/mol. The number of likely N-dealkylation sites (tertiary alicyclic amines) is 1. The molecule has 1 aromatic heterocycles. The van der Waals surface area contributed by atoms with Crippen molar-refractivity contribution in [3.63, 3.8) is 0 Å². The number of aryl methyl sites for hydroxylation is 2. The minimum absolute atomic E-state index is 0.00826. The number of piperidine rings is 1. The summed E-state index contributed by atoms with van der Waals surface area (Å²) in [5.74, 6) is 0.371. The molecule has 6 nitrogen and oxygen atoms in total. The van der Waals surface area contributed by atoms with Crippen molar-refractivity contribution in [1.29, 1.82) is 0 Å². The second kappa shape index (κ2) is 9.06. The number of carbonyl (C=O) groups is 1. The molecule has 0 atom stereocenters. The molecule has 2 aromatic carbocycles. The van der Waals surface area contributed by atoms with Crippen molar-refractivity contribution in [2.45, 2.75) is 43.9 Å². The van der Waals surface area contributed by atoms with Gasteiger partial charge in [0.25, 0.3) is 0 Å². The lowest BCUT2D eigenvalue weighted by atomic mass is 9.97. The average Bonchev–Trinajstić information content (AvgIpc) is 3.17. The van der Waals surface area contributed by atoms with Crippen LogP contribution in [0.5, 0.6) is 0 Å². The van der Waals surface area contributed by atoms with Gasteiger partial charge in [-0.1, -0.05) is 29.8 Å². The van der Waals surface area contributed by atoms with E-state index in [1.807, 2.05) is 36.1 Å². The minimum Gasteiger partial charge on any atom is -0.343 e. The number of rotatable bonds is 6. The highest BCUT2D eigenvalue weighted by Gasteiger charge is 2.26. The third-order valence-corrected chi connectivity index (χ3v) is 8.58.